The van der Waals surface area contributed by atoms with Gasteiger partial charge in [-0.05, 0) is 65.8 Å². The molecule has 3 rings (SSSR count). The van der Waals surface area contributed by atoms with Gasteiger partial charge in [-0.25, -0.2) is 4.39 Å². The second-order valence-corrected chi connectivity index (χ2v) is 8.96. The smallest absolute Gasteiger partial charge is 0.131 e. The lowest BCUT2D eigenvalue weighted by Gasteiger charge is -2.15. The minimum Gasteiger partial charge on any atom is -0.494 e. The van der Waals surface area contributed by atoms with Crippen LogP contribution < -0.4 is 4.74 Å². The van der Waals surface area contributed by atoms with E-state index in [0.29, 0.717) is 5.56 Å². The molecule has 0 spiro atoms. The lowest BCUT2D eigenvalue weighted by Crippen LogP contribution is -1.98. The van der Waals surface area contributed by atoms with E-state index < -0.39 is 0 Å². The number of halogens is 1. The molecule has 0 unspecified atom stereocenters. The molecule has 0 aliphatic rings. The van der Waals surface area contributed by atoms with Crippen molar-refractivity contribution in [3.63, 3.8) is 0 Å². The van der Waals surface area contributed by atoms with Crippen molar-refractivity contribution >= 4 is 0 Å². The molecular weight excluding hydrogens is 407 g/mol. The molecule has 3 aromatic rings. The first-order chi connectivity index (χ1) is 16.2. The van der Waals surface area contributed by atoms with Gasteiger partial charge in [-0.15, -0.1) is 0 Å². The van der Waals surface area contributed by atoms with E-state index in [0.717, 1.165) is 41.9 Å². The summed E-state index contributed by atoms with van der Waals surface area (Å²) in [7, 11) is 0. The van der Waals surface area contributed by atoms with E-state index in [2.05, 4.69) is 44.2 Å². The summed E-state index contributed by atoms with van der Waals surface area (Å²) in [6, 6.07) is 21.8. The largest absolute Gasteiger partial charge is 0.494 e. The summed E-state index contributed by atoms with van der Waals surface area (Å²) < 4.78 is 20.7. The van der Waals surface area contributed by atoms with Crippen LogP contribution in [0.2, 0.25) is 0 Å². The number of unbranched alkanes of at least 4 members (excludes halogenated alkanes) is 7. The van der Waals surface area contributed by atoms with Crippen molar-refractivity contribution in [1.29, 1.82) is 0 Å². The minimum absolute atomic E-state index is 0.198. The maximum Gasteiger partial charge on any atom is 0.131 e. The van der Waals surface area contributed by atoms with E-state index in [-0.39, 0.29) is 5.82 Å². The second-order valence-electron chi connectivity index (χ2n) is 8.96. The molecule has 0 fully saturated rings. The molecule has 0 atom stereocenters. The van der Waals surface area contributed by atoms with Crippen LogP contribution in [0, 0.1) is 5.82 Å². The van der Waals surface area contributed by atoms with E-state index in [4.69, 9.17) is 4.74 Å². The molecule has 0 heterocycles. The second kappa shape index (κ2) is 13.8. The van der Waals surface area contributed by atoms with Gasteiger partial charge < -0.3 is 4.74 Å². The number of hydrogen-bond acceptors (Lipinski definition) is 1. The number of hydrogen-bond donors (Lipinski definition) is 0. The molecule has 0 amide bonds. The normalized spacial score (nSPS) is 11.0. The van der Waals surface area contributed by atoms with Crippen molar-refractivity contribution < 1.29 is 9.13 Å². The van der Waals surface area contributed by atoms with Crippen LogP contribution in [0.1, 0.15) is 77.2 Å². The number of benzene rings is 3. The molecule has 0 saturated heterocycles. The Balaban J connectivity index is 1.78. The zero-order valence-corrected chi connectivity index (χ0v) is 20.4. The average Bonchev–Trinajstić information content (AvgIpc) is 2.84. The van der Waals surface area contributed by atoms with Gasteiger partial charge in [0.15, 0.2) is 0 Å². The quantitative estimate of drug-likeness (QED) is 0.224. The lowest BCUT2D eigenvalue weighted by molar-refractivity contribution is 0.304. The summed E-state index contributed by atoms with van der Waals surface area (Å²) >= 11 is 0. The highest BCUT2D eigenvalue weighted by atomic mass is 19.1. The Morgan fingerprint density at radius 1 is 0.636 bits per heavy atom. The van der Waals surface area contributed by atoms with Crippen molar-refractivity contribution in [2.75, 3.05) is 6.61 Å². The van der Waals surface area contributed by atoms with Crippen molar-refractivity contribution in [1.82, 2.24) is 0 Å². The molecule has 2 heteroatoms. The van der Waals surface area contributed by atoms with Crippen LogP contribution >= 0.6 is 0 Å². The minimum atomic E-state index is -0.198. The van der Waals surface area contributed by atoms with Gasteiger partial charge in [0.25, 0.3) is 0 Å². The Kier molecular flexibility index (Phi) is 10.5. The standard InChI is InChI=1S/C31H39FO/c1-3-5-7-8-9-13-23-33-27-21-22-28(29-15-11-12-16-31(29)32)30(24-27)26-19-17-25(18-20-26)14-10-6-4-2/h11-12,15-22,24H,3-10,13-14,23H2,1-2H3. The van der Waals surface area contributed by atoms with Crippen LogP contribution in [-0.4, -0.2) is 6.61 Å². The molecule has 3 aromatic carbocycles. The van der Waals surface area contributed by atoms with Crippen LogP contribution in [0.25, 0.3) is 22.3 Å². The Morgan fingerprint density at radius 3 is 2.09 bits per heavy atom. The predicted molar refractivity (Wildman–Crippen MR) is 139 cm³/mol. The highest BCUT2D eigenvalue weighted by Gasteiger charge is 2.13. The third-order valence-corrected chi connectivity index (χ3v) is 6.26. The SMILES string of the molecule is CCCCCCCCOc1ccc(-c2ccccc2F)c(-c2ccc(CCCCC)cc2)c1. The average molecular weight is 447 g/mol. The van der Waals surface area contributed by atoms with E-state index in [1.54, 1.807) is 6.07 Å². The van der Waals surface area contributed by atoms with Crippen molar-refractivity contribution in [3.8, 4) is 28.0 Å². The van der Waals surface area contributed by atoms with Gasteiger partial charge in [0.05, 0.1) is 6.61 Å². The third-order valence-electron chi connectivity index (χ3n) is 6.26. The van der Waals surface area contributed by atoms with Crippen LogP contribution in [0.4, 0.5) is 4.39 Å². The van der Waals surface area contributed by atoms with Crippen LogP contribution in [0.3, 0.4) is 0 Å². The summed E-state index contributed by atoms with van der Waals surface area (Å²) in [5.41, 5.74) is 4.99. The van der Waals surface area contributed by atoms with Gasteiger partial charge in [-0.3, -0.25) is 0 Å². The molecule has 0 aliphatic heterocycles. The summed E-state index contributed by atoms with van der Waals surface area (Å²) in [5, 5.41) is 0. The zero-order chi connectivity index (χ0) is 23.3. The molecule has 0 bridgehead atoms. The Bertz CT molecular complexity index is 961. The molecular formula is C31H39FO. The fourth-order valence-electron chi connectivity index (χ4n) is 4.27. The van der Waals surface area contributed by atoms with Gasteiger partial charge in [-0.2, -0.15) is 0 Å². The van der Waals surface area contributed by atoms with E-state index in [1.165, 1.54) is 63.0 Å². The molecule has 0 N–H and O–H groups in total. The summed E-state index contributed by atoms with van der Waals surface area (Å²) in [6.07, 6.45) is 12.3. The third kappa shape index (κ3) is 7.74. The van der Waals surface area contributed by atoms with Crippen LogP contribution in [0.15, 0.2) is 66.7 Å². The highest BCUT2D eigenvalue weighted by molar-refractivity contribution is 5.84. The zero-order valence-electron chi connectivity index (χ0n) is 20.4. The molecule has 1 nitrogen and oxygen atoms in total. The molecule has 33 heavy (non-hydrogen) atoms. The first-order valence-corrected chi connectivity index (χ1v) is 12.8. The molecule has 0 aliphatic carbocycles. The number of aryl methyl sites for hydroxylation is 1. The predicted octanol–water partition coefficient (Wildman–Crippen LogP) is 9.63. The first-order valence-electron chi connectivity index (χ1n) is 12.8. The van der Waals surface area contributed by atoms with E-state index >= 15 is 0 Å². The monoisotopic (exact) mass is 446 g/mol. The maximum absolute atomic E-state index is 14.7. The molecule has 176 valence electrons. The maximum atomic E-state index is 14.7. The van der Waals surface area contributed by atoms with Crippen LogP contribution in [-0.2, 0) is 6.42 Å². The number of ether oxygens (including phenoxy) is 1. The first kappa shape index (κ1) is 25.0. The van der Waals surface area contributed by atoms with Gasteiger partial charge in [-0.1, -0.05) is 101 Å². The number of rotatable bonds is 14. The topological polar surface area (TPSA) is 9.23 Å². The lowest BCUT2D eigenvalue weighted by atomic mass is 9.93. The van der Waals surface area contributed by atoms with Crippen molar-refractivity contribution in [2.24, 2.45) is 0 Å². The van der Waals surface area contributed by atoms with Gasteiger partial charge in [0.1, 0.15) is 11.6 Å². The fourth-order valence-corrected chi connectivity index (χ4v) is 4.27. The Hall–Kier alpha value is -2.61. The van der Waals surface area contributed by atoms with Gasteiger partial charge in [0, 0.05) is 5.56 Å². The Labute approximate surface area is 200 Å². The summed E-state index contributed by atoms with van der Waals surface area (Å²) in [6.45, 7) is 5.20. The van der Waals surface area contributed by atoms with Gasteiger partial charge in [0.2, 0.25) is 0 Å². The van der Waals surface area contributed by atoms with Crippen LogP contribution in [0.5, 0.6) is 5.75 Å². The highest BCUT2D eigenvalue weighted by Crippen LogP contribution is 2.36. The van der Waals surface area contributed by atoms with E-state index in [1.807, 2.05) is 24.3 Å². The Morgan fingerprint density at radius 2 is 1.33 bits per heavy atom. The molecule has 0 radical (unpaired) electrons. The van der Waals surface area contributed by atoms with Gasteiger partial charge >= 0.3 is 0 Å². The molecule has 0 aromatic heterocycles. The van der Waals surface area contributed by atoms with Crippen molar-refractivity contribution in [2.45, 2.75) is 78.1 Å². The molecule has 0 saturated carbocycles. The summed E-state index contributed by atoms with van der Waals surface area (Å²) in [5.74, 6) is 0.654. The summed E-state index contributed by atoms with van der Waals surface area (Å²) in [4.78, 5) is 0. The van der Waals surface area contributed by atoms with E-state index in [9.17, 15) is 4.39 Å². The van der Waals surface area contributed by atoms with Crippen molar-refractivity contribution in [3.05, 3.63) is 78.1 Å². The fraction of sp³-hybridized carbons (Fsp3) is 0.419.